The number of rotatable bonds is 34. The Morgan fingerprint density at radius 2 is 0.544 bits per heavy atom. The Bertz CT molecular complexity index is 5610. The Kier molecular flexibility index (Phi) is 74.8. The number of aliphatic imine (C=N–C) groups is 1. The number of anilines is 2. The van der Waals surface area contributed by atoms with E-state index in [-0.39, 0.29) is 10.0 Å². The summed E-state index contributed by atoms with van der Waals surface area (Å²) in [5.41, 5.74) is 13.8. The summed E-state index contributed by atoms with van der Waals surface area (Å²) < 4.78 is 30.7. The third kappa shape index (κ3) is 62.2. The predicted octanol–water partition coefficient (Wildman–Crippen LogP) is 35.6. The summed E-state index contributed by atoms with van der Waals surface area (Å²) in [5, 5.41) is 38.0. The quantitative estimate of drug-likeness (QED) is 0.0251. The number of aromatic nitrogens is 12. The highest BCUT2D eigenvalue weighted by Crippen LogP contribution is 2.31. The molecule has 0 amide bonds. The lowest BCUT2D eigenvalue weighted by Gasteiger charge is -2.04. The predicted molar refractivity (Wildman–Crippen MR) is 661 cm³/mol. The maximum absolute atomic E-state index is 12.2. The number of sulfonamides is 1. The van der Waals surface area contributed by atoms with Crippen LogP contribution in [0.2, 0.25) is 0 Å². The number of hydrogen-bond acceptors (Lipinski definition) is 26. The van der Waals surface area contributed by atoms with Gasteiger partial charge in [0.2, 0.25) is 21.4 Å². The minimum Gasteiger partial charge on any atom is -0.355 e. The molecule has 0 unspecified atom stereocenters. The minimum atomic E-state index is -3.63. The van der Waals surface area contributed by atoms with Crippen LogP contribution in [0, 0.1) is 0 Å². The lowest BCUT2D eigenvalue weighted by atomic mass is 10.1. The molecule has 16 aromatic rings. The molecular weight excluding hydrogens is 2040 g/mol. The zero-order chi connectivity index (χ0) is 107. The number of thioether (sulfide) groups is 8. The van der Waals surface area contributed by atoms with Gasteiger partial charge in [-0.2, -0.15) is 19.9 Å². The Morgan fingerprint density at radius 3 is 0.803 bits per heavy atom. The molecule has 147 heavy (non-hydrogen) atoms. The van der Waals surface area contributed by atoms with Crippen molar-refractivity contribution in [2.75, 3.05) is 56.9 Å². The van der Waals surface area contributed by atoms with E-state index < -0.39 is 10.0 Å². The number of H-pyrrole nitrogens is 1. The molecular formula is C118H135N15O2S12. The van der Waals surface area contributed by atoms with Gasteiger partial charge in [0, 0.05) is 18.5 Å². The maximum atomic E-state index is 12.2. The Hall–Kier alpha value is -12.6. The third-order valence-electron chi connectivity index (χ3n) is 17.3. The summed E-state index contributed by atoms with van der Waals surface area (Å²) in [4.78, 5) is 21.7. The Morgan fingerprint density at radius 1 is 0.293 bits per heavy atom. The van der Waals surface area contributed by atoms with Crippen LogP contribution in [0.1, 0.15) is 129 Å². The van der Waals surface area contributed by atoms with Gasteiger partial charge in [-0.3, -0.25) is 4.72 Å². The molecule has 0 radical (unpaired) electrons. The van der Waals surface area contributed by atoms with Crippen LogP contribution >= 0.6 is 128 Å². The fourth-order valence-electron chi connectivity index (χ4n) is 10.2. The highest BCUT2D eigenvalue weighted by Gasteiger charge is 2.17. The van der Waals surface area contributed by atoms with Gasteiger partial charge in [0.1, 0.15) is 0 Å². The first-order chi connectivity index (χ1) is 71.8. The molecule has 0 aliphatic heterocycles. The zero-order valence-electron chi connectivity index (χ0n) is 85.3. The van der Waals surface area contributed by atoms with E-state index in [1.54, 1.807) is 118 Å². The second-order valence-corrected chi connectivity index (χ2v) is 43.1. The van der Waals surface area contributed by atoms with E-state index in [9.17, 15) is 8.42 Å². The molecule has 766 valence electrons. The van der Waals surface area contributed by atoms with Gasteiger partial charge in [-0.15, -0.1) is 35.7 Å². The van der Waals surface area contributed by atoms with Crippen molar-refractivity contribution < 1.29 is 8.42 Å². The van der Waals surface area contributed by atoms with Gasteiger partial charge < -0.3 is 5.32 Å². The number of nitrogens with zero attached hydrogens (tertiary/aromatic N) is 12. The molecule has 5 aromatic heterocycles. The summed E-state index contributed by atoms with van der Waals surface area (Å²) in [6, 6.07) is 105. The smallest absolute Gasteiger partial charge is 0.263 e. The van der Waals surface area contributed by atoms with Gasteiger partial charge in [-0.25, -0.2) is 18.5 Å². The maximum Gasteiger partial charge on any atom is 0.263 e. The lowest BCUT2D eigenvalue weighted by Crippen LogP contribution is -2.12. The number of hydrogen-bond donors (Lipinski definition) is 3. The Labute approximate surface area is 921 Å². The van der Waals surface area contributed by atoms with Gasteiger partial charge >= 0.3 is 0 Å². The van der Waals surface area contributed by atoms with E-state index in [2.05, 4.69) is 214 Å². The molecule has 0 spiro atoms. The first-order valence-electron chi connectivity index (χ1n) is 46.8. The topological polar surface area (TPSA) is 228 Å². The van der Waals surface area contributed by atoms with E-state index in [0.29, 0.717) is 0 Å². The minimum absolute atomic E-state index is 0.183. The number of benzene rings is 11. The second-order valence-electron chi connectivity index (χ2n) is 27.8. The molecule has 0 fully saturated rings. The molecule has 0 bridgehead atoms. The van der Waals surface area contributed by atoms with E-state index in [0.717, 1.165) is 113 Å². The van der Waals surface area contributed by atoms with Crippen LogP contribution in [-0.2, 0) is 15.8 Å². The van der Waals surface area contributed by atoms with Crippen molar-refractivity contribution in [3.63, 3.8) is 0 Å². The summed E-state index contributed by atoms with van der Waals surface area (Å²) in [6.07, 6.45) is 21.7. The van der Waals surface area contributed by atoms with Crippen molar-refractivity contribution in [3.05, 3.63) is 461 Å². The number of nitrogens with one attached hydrogen (secondary N) is 3. The van der Waals surface area contributed by atoms with E-state index in [1.165, 1.54) is 102 Å². The highest BCUT2D eigenvalue weighted by molar-refractivity contribution is 8.03. The van der Waals surface area contributed by atoms with Gasteiger partial charge in [0.25, 0.3) is 10.0 Å². The zero-order valence-corrected chi connectivity index (χ0v) is 95.0. The summed E-state index contributed by atoms with van der Waals surface area (Å²) in [7, 11) is -3.63. The monoisotopic (exact) mass is 2180 g/mol. The molecule has 0 aliphatic rings. The van der Waals surface area contributed by atoms with E-state index in [1.807, 2.05) is 355 Å². The highest BCUT2D eigenvalue weighted by atomic mass is 32.2. The fourth-order valence-corrected chi connectivity index (χ4v) is 20.1. The molecule has 29 heteroatoms. The SMILES string of the molecule is C=Cc1ccc(CSc2n[nH]c(NCC)n2)cc1.C=Cc1ccc(S(=O)(=O)Nc2nnc(SCC)s2)cc1.C=Cc1ccccc1.C=Cc1ccccc1.C=Cc1ccccc1.C=Cc1ccccc1.C=Cc1ccccc1.C=Cc1ccccc1.C=Cc1ccccc1.C=Cc1ccccc1.C=Cc1ccccc1.CC=Nc1nnc(SCC)s1.CCSc1nc(SCC)nc(SCC)n1.CCSc1nnc(SCC)s1. The molecule has 5 heterocycles. The van der Waals surface area contributed by atoms with Crippen molar-refractivity contribution in [2.24, 2.45) is 4.99 Å². The van der Waals surface area contributed by atoms with Crippen molar-refractivity contribution in [1.29, 1.82) is 0 Å². The van der Waals surface area contributed by atoms with Crippen LogP contribution in [0.5, 0.6) is 0 Å². The van der Waals surface area contributed by atoms with Crippen molar-refractivity contribution in [2.45, 2.75) is 111 Å². The standard InChI is InChI=1S/C13H16N4S.C12H13N3O2S3.C9H15N3S3.9C8H8.C6H9N3S2.C6H10N2S3/c1-3-10-5-7-11(8-6-10)9-18-13-15-12(14-4-2)16-17-13;1-3-9-5-7-10(8-6-9)20(16,17)15-11-13-14-12(19-11)18-4-2;1-4-13-7-10-8(14-5-2)12-9(11-7)15-6-3;9*1-2-8-6-4-3-5-7-8;1-3-7-5-8-9-6(11-5)10-4-2;1-3-9-5-7-8-6(11-5)10-4-2/h3,5-8H,1,4,9H2,2H3,(H2,14,15,16,17);3,5-8H,1,4H2,2H3,(H,13,15);4-6H2,1-3H3;9*2-7H,1H2;3H,4H2,1-2H3;3-4H2,1-2H3. The first-order valence-corrected chi connectivity index (χ1v) is 58.6. The van der Waals surface area contributed by atoms with Crippen molar-refractivity contribution in [1.82, 2.24) is 60.7 Å². The Balaban J connectivity index is 0.000000412. The van der Waals surface area contributed by atoms with Crippen LogP contribution in [-0.4, -0.2) is 122 Å². The van der Waals surface area contributed by atoms with Gasteiger partial charge in [-0.1, -0.05) is 625 Å². The van der Waals surface area contributed by atoms with Crippen LogP contribution in [0.4, 0.5) is 16.2 Å². The van der Waals surface area contributed by atoms with Crippen molar-refractivity contribution in [3.8, 4) is 0 Å². The second kappa shape index (κ2) is 85.5. The van der Waals surface area contributed by atoms with Crippen molar-refractivity contribution >= 4 is 227 Å². The fraction of sp³-hybridized carbons (Fsp3) is 0.153. The molecule has 0 saturated carbocycles. The van der Waals surface area contributed by atoms with E-state index >= 15 is 0 Å². The van der Waals surface area contributed by atoms with Crippen LogP contribution in [0.15, 0.2) is 442 Å². The molecule has 0 aliphatic carbocycles. The molecule has 16 rings (SSSR count). The molecule has 11 aromatic carbocycles. The normalized spacial score (nSPS) is 9.64. The first kappa shape index (κ1) is 129. The molecule has 0 atom stereocenters. The van der Waals surface area contributed by atoms with Gasteiger partial charge in [-0.05, 0) is 133 Å². The van der Waals surface area contributed by atoms with Crippen LogP contribution in [0.3, 0.4) is 0 Å². The van der Waals surface area contributed by atoms with Gasteiger partial charge in [0.05, 0.1) is 4.90 Å². The van der Waals surface area contributed by atoms with Crippen LogP contribution < -0.4 is 10.0 Å². The summed E-state index contributed by atoms with van der Waals surface area (Å²) in [5.74, 6) is 8.62. The average molecular weight is 2180 g/mol. The molecule has 0 saturated heterocycles. The number of aromatic amines is 1. The molecule has 17 nitrogen and oxygen atoms in total. The van der Waals surface area contributed by atoms with Gasteiger partial charge in [0.15, 0.2) is 32.8 Å². The summed E-state index contributed by atoms with van der Waals surface area (Å²) >= 11 is 17.8. The lowest BCUT2D eigenvalue weighted by molar-refractivity contribution is 0.601. The third-order valence-corrected chi connectivity index (χ3v) is 28.5. The summed E-state index contributed by atoms with van der Waals surface area (Å²) in [6.45, 7) is 59.4. The van der Waals surface area contributed by atoms with Crippen LogP contribution in [0.25, 0.3) is 66.8 Å². The average Bonchev–Trinajstić information content (AvgIpc) is 1.81. The molecule has 3 N–H and O–H groups in total. The largest absolute Gasteiger partial charge is 0.355 e. The van der Waals surface area contributed by atoms with E-state index in [4.69, 9.17) is 0 Å².